The summed E-state index contributed by atoms with van der Waals surface area (Å²) in [6.45, 7) is 1.99. The number of rotatable bonds is 18. The van der Waals surface area contributed by atoms with Crippen LogP contribution in [0.4, 0.5) is 24.8 Å². The third-order valence-corrected chi connectivity index (χ3v) is 7.58. The van der Waals surface area contributed by atoms with Crippen molar-refractivity contribution >= 4 is 17.5 Å². The molecule has 2 aromatic carbocycles. The first-order valence-corrected chi connectivity index (χ1v) is 15.9. The molecule has 0 spiro atoms. The van der Waals surface area contributed by atoms with E-state index in [4.69, 9.17) is 29.9 Å². The van der Waals surface area contributed by atoms with Crippen molar-refractivity contribution < 1.29 is 36.9 Å². The number of ether oxygens (including phenoxy) is 4. The molecule has 1 aliphatic rings. The van der Waals surface area contributed by atoms with E-state index in [1.807, 2.05) is 6.07 Å². The van der Waals surface area contributed by atoms with Gasteiger partial charge in [0.25, 0.3) is 5.91 Å². The van der Waals surface area contributed by atoms with E-state index in [0.29, 0.717) is 61.1 Å². The molecule has 0 aliphatic carbocycles. The van der Waals surface area contributed by atoms with Crippen LogP contribution in [-0.2, 0) is 26.9 Å². The Hall–Kier alpha value is -5.59. The number of carbonyl (C=O) groups excluding carboxylic acids is 1. The van der Waals surface area contributed by atoms with Crippen molar-refractivity contribution in [2.75, 3.05) is 69.6 Å². The SMILES string of the molecule is N#CCCNc1cc(-c2cc(C#N)ccc2-c2ncn[nH]2)cc(N2Cc3c(cc(OCCOCCOCCOCCN)cc3C(F)(F)F)C2=O)n1. The largest absolute Gasteiger partial charge is 0.491 e. The fourth-order valence-corrected chi connectivity index (χ4v) is 5.29. The zero-order valence-electron chi connectivity index (χ0n) is 27.3. The van der Waals surface area contributed by atoms with E-state index in [2.05, 4.69) is 31.6 Å². The van der Waals surface area contributed by atoms with Crippen LogP contribution in [0.15, 0.2) is 48.8 Å². The second-order valence-corrected chi connectivity index (χ2v) is 11.0. The van der Waals surface area contributed by atoms with Crippen LogP contribution in [0.3, 0.4) is 0 Å². The van der Waals surface area contributed by atoms with Crippen LogP contribution in [0.1, 0.15) is 33.5 Å². The molecule has 266 valence electrons. The number of amides is 1. The number of pyridine rings is 1. The summed E-state index contributed by atoms with van der Waals surface area (Å²) in [5.74, 6) is -0.131. The van der Waals surface area contributed by atoms with Gasteiger partial charge < -0.3 is 30.0 Å². The van der Waals surface area contributed by atoms with Gasteiger partial charge in [-0.2, -0.15) is 28.8 Å². The molecule has 0 atom stereocenters. The molecule has 17 heteroatoms. The number of hydrogen-bond acceptors (Lipinski definition) is 12. The molecule has 4 aromatic rings. The fraction of sp³-hybridized carbons (Fsp3) is 0.353. The standard InChI is InChI=1S/C34H34F3N9O5/c35-34(36,37)29-18-24(51-13-12-50-11-10-49-9-8-48-7-5-39)17-27-28(29)20-46(33(27)47)31-16-23(15-30(44-31)41-6-1-4-38)26-14-22(19-40)2-3-25(26)32-42-21-43-45-32/h2-3,14-18,21H,1,5-13,20,39H2,(H,41,44)(H,42,43,45). The van der Waals surface area contributed by atoms with Gasteiger partial charge in [0.15, 0.2) is 5.82 Å². The Bertz CT molecular complexity index is 1890. The number of nitriles is 2. The summed E-state index contributed by atoms with van der Waals surface area (Å²) < 4.78 is 64.7. The first-order chi connectivity index (χ1) is 24.7. The van der Waals surface area contributed by atoms with Crippen molar-refractivity contribution in [3.05, 3.63) is 71.0 Å². The zero-order chi connectivity index (χ0) is 36.2. The topological polar surface area (TPSA) is 197 Å². The van der Waals surface area contributed by atoms with Gasteiger partial charge in [-0.05, 0) is 59.2 Å². The maximum atomic E-state index is 14.4. The summed E-state index contributed by atoms with van der Waals surface area (Å²) in [7, 11) is 0. The number of aromatic nitrogens is 4. The molecule has 3 heterocycles. The molecule has 0 fully saturated rings. The predicted molar refractivity (Wildman–Crippen MR) is 177 cm³/mol. The lowest BCUT2D eigenvalue weighted by Crippen LogP contribution is -2.24. The summed E-state index contributed by atoms with van der Waals surface area (Å²) in [6.07, 6.45) is -3.32. The fourth-order valence-electron chi connectivity index (χ4n) is 5.29. The van der Waals surface area contributed by atoms with Crippen molar-refractivity contribution in [1.29, 1.82) is 10.5 Å². The van der Waals surface area contributed by atoms with E-state index in [-0.39, 0.29) is 61.3 Å². The molecule has 2 aromatic heterocycles. The smallest absolute Gasteiger partial charge is 0.416 e. The summed E-state index contributed by atoms with van der Waals surface area (Å²) in [5, 5.41) is 28.4. The van der Waals surface area contributed by atoms with Crippen LogP contribution in [0.5, 0.6) is 5.75 Å². The Labute approximate surface area is 290 Å². The van der Waals surface area contributed by atoms with E-state index >= 15 is 0 Å². The molecule has 4 N–H and O–H groups in total. The first-order valence-electron chi connectivity index (χ1n) is 15.9. The third kappa shape index (κ3) is 9.35. The quantitative estimate of drug-likeness (QED) is 0.124. The van der Waals surface area contributed by atoms with E-state index < -0.39 is 24.2 Å². The van der Waals surface area contributed by atoms with Crippen LogP contribution in [0, 0.1) is 22.7 Å². The maximum absolute atomic E-state index is 14.4. The van der Waals surface area contributed by atoms with Crippen molar-refractivity contribution in [2.45, 2.75) is 19.1 Å². The molecule has 0 bridgehead atoms. The highest BCUT2D eigenvalue weighted by Gasteiger charge is 2.41. The van der Waals surface area contributed by atoms with Gasteiger partial charge in [0.1, 0.15) is 30.3 Å². The zero-order valence-corrected chi connectivity index (χ0v) is 27.3. The van der Waals surface area contributed by atoms with Gasteiger partial charge in [-0.25, -0.2) is 9.97 Å². The molecule has 0 saturated carbocycles. The number of nitrogens with one attached hydrogen (secondary N) is 2. The molecule has 0 saturated heterocycles. The first kappa shape index (κ1) is 36.7. The lowest BCUT2D eigenvalue weighted by atomic mass is 9.97. The number of hydrogen-bond donors (Lipinski definition) is 3. The minimum absolute atomic E-state index is 0.0520. The molecular weight excluding hydrogens is 671 g/mol. The van der Waals surface area contributed by atoms with Crippen molar-refractivity contribution in [3.63, 3.8) is 0 Å². The number of anilines is 2. The molecule has 1 amide bonds. The van der Waals surface area contributed by atoms with E-state index in [1.165, 1.54) is 12.4 Å². The second-order valence-electron chi connectivity index (χ2n) is 11.0. The lowest BCUT2D eigenvalue weighted by Gasteiger charge is -2.19. The normalized spacial score (nSPS) is 12.4. The molecule has 0 unspecified atom stereocenters. The Morgan fingerprint density at radius 1 is 0.941 bits per heavy atom. The monoisotopic (exact) mass is 705 g/mol. The average molecular weight is 706 g/mol. The van der Waals surface area contributed by atoms with Gasteiger partial charge in [0.2, 0.25) is 0 Å². The van der Waals surface area contributed by atoms with Crippen LogP contribution in [0.25, 0.3) is 22.5 Å². The minimum atomic E-state index is -4.79. The maximum Gasteiger partial charge on any atom is 0.416 e. The van der Waals surface area contributed by atoms with Crippen molar-refractivity contribution in [2.24, 2.45) is 5.73 Å². The summed E-state index contributed by atoms with van der Waals surface area (Å²) in [4.78, 5) is 23.8. The predicted octanol–water partition coefficient (Wildman–Crippen LogP) is 4.30. The van der Waals surface area contributed by atoms with E-state index in [1.54, 1.807) is 30.3 Å². The minimum Gasteiger partial charge on any atom is -0.491 e. The Balaban J connectivity index is 1.39. The number of alkyl halides is 3. The van der Waals surface area contributed by atoms with E-state index in [9.17, 15) is 23.2 Å². The number of halogens is 3. The van der Waals surface area contributed by atoms with Crippen molar-refractivity contribution in [1.82, 2.24) is 20.2 Å². The molecule has 14 nitrogen and oxygen atoms in total. The molecule has 1 aliphatic heterocycles. The number of H-pyrrole nitrogens is 1. The van der Waals surface area contributed by atoms with Gasteiger partial charge in [-0.1, -0.05) is 0 Å². The van der Waals surface area contributed by atoms with Crippen LogP contribution < -0.4 is 20.7 Å². The summed E-state index contributed by atoms with van der Waals surface area (Å²) in [5.41, 5.74) is 5.87. The number of carbonyl (C=O) groups is 1. The van der Waals surface area contributed by atoms with Gasteiger partial charge in [-0.15, -0.1) is 0 Å². The van der Waals surface area contributed by atoms with Gasteiger partial charge in [0.05, 0.1) is 75.9 Å². The second kappa shape index (κ2) is 17.4. The third-order valence-electron chi connectivity index (χ3n) is 7.58. The number of aromatic amines is 1. The van der Waals surface area contributed by atoms with Gasteiger partial charge in [0, 0.05) is 24.2 Å². The molecule has 5 rings (SSSR count). The highest BCUT2D eigenvalue weighted by atomic mass is 19.4. The van der Waals surface area contributed by atoms with E-state index in [0.717, 1.165) is 11.0 Å². The van der Waals surface area contributed by atoms with Crippen LogP contribution >= 0.6 is 0 Å². The average Bonchev–Trinajstić information content (AvgIpc) is 3.78. The lowest BCUT2D eigenvalue weighted by molar-refractivity contribution is -0.138. The highest BCUT2D eigenvalue weighted by Crippen LogP contribution is 2.42. The Morgan fingerprint density at radius 2 is 1.69 bits per heavy atom. The number of benzene rings is 2. The number of fused-ring (bicyclic) bond motifs is 1. The Morgan fingerprint density at radius 3 is 2.35 bits per heavy atom. The van der Waals surface area contributed by atoms with Crippen LogP contribution in [-0.4, -0.2) is 85.4 Å². The number of nitrogens with two attached hydrogens (primary N) is 1. The van der Waals surface area contributed by atoms with Gasteiger partial charge in [-0.3, -0.25) is 14.8 Å². The molecule has 51 heavy (non-hydrogen) atoms. The Kier molecular flexibility index (Phi) is 12.5. The van der Waals surface area contributed by atoms with Crippen LogP contribution in [0.2, 0.25) is 0 Å². The summed E-state index contributed by atoms with van der Waals surface area (Å²) >= 11 is 0. The molecular formula is C34H34F3N9O5. The number of nitrogens with zero attached hydrogens (tertiary/aromatic N) is 6. The summed E-state index contributed by atoms with van der Waals surface area (Å²) in [6, 6.07) is 14.4. The van der Waals surface area contributed by atoms with Crippen molar-refractivity contribution in [3.8, 4) is 40.4 Å². The van der Waals surface area contributed by atoms with Gasteiger partial charge >= 0.3 is 6.18 Å². The molecule has 0 radical (unpaired) electrons. The highest BCUT2D eigenvalue weighted by molar-refractivity contribution is 6.10.